The molecule has 1 aliphatic rings. The molecule has 2 rings (SSSR count). The summed E-state index contributed by atoms with van der Waals surface area (Å²) in [5.74, 6) is -0.415. The van der Waals surface area contributed by atoms with Crippen LogP contribution >= 0.6 is 0 Å². The van der Waals surface area contributed by atoms with Crippen LogP contribution in [-0.4, -0.2) is 38.7 Å². The van der Waals surface area contributed by atoms with Crippen molar-refractivity contribution in [2.24, 2.45) is 0 Å². The molecule has 0 saturated carbocycles. The molecule has 32 heavy (non-hydrogen) atoms. The van der Waals surface area contributed by atoms with Gasteiger partial charge in [0.25, 0.3) is 0 Å². The zero-order chi connectivity index (χ0) is 23.8. The van der Waals surface area contributed by atoms with Gasteiger partial charge in [-0.2, -0.15) is 0 Å². The third-order valence-electron chi connectivity index (χ3n) is 6.36. The van der Waals surface area contributed by atoms with Crippen molar-refractivity contribution in [2.75, 3.05) is 0 Å². The molecule has 5 heteroatoms. The molecule has 1 fully saturated rings. The topological polar surface area (TPSA) is 44.8 Å². The summed E-state index contributed by atoms with van der Waals surface area (Å²) in [6, 6.07) is 10.2. The fraction of sp³-hybridized carbons (Fsp3) is 0.519. The number of rotatable bonds is 10. The number of carbonyl (C=O) groups is 1. The first-order valence-electron chi connectivity index (χ1n) is 11.5. The van der Waals surface area contributed by atoms with E-state index in [0.29, 0.717) is 12.8 Å². The first kappa shape index (κ1) is 26.3. The van der Waals surface area contributed by atoms with Crippen molar-refractivity contribution in [3.8, 4) is 0 Å². The van der Waals surface area contributed by atoms with E-state index in [1.807, 2.05) is 18.2 Å². The van der Waals surface area contributed by atoms with Crippen molar-refractivity contribution in [1.82, 2.24) is 0 Å². The third-order valence-corrected chi connectivity index (χ3v) is 10.9. The number of ether oxygens (including phenoxy) is 2. The van der Waals surface area contributed by atoms with Crippen molar-refractivity contribution in [3.63, 3.8) is 0 Å². The van der Waals surface area contributed by atoms with Crippen molar-refractivity contribution in [3.05, 3.63) is 67.3 Å². The predicted molar refractivity (Wildman–Crippen MR) is 135 cm³/mol. The van der Waals surface area contributed by atoms with Crippen LogP contribution < -0.4 is 0 Å². The van der Waals surface area contributed by atoms with Crippen molar-refractivity contribution < 1.29 is 18.7 Å². The highest BCUT2D eigenvalue weighted by atomic mass is 28.4. The van der Waals surface area contributed by atoms with Gasteiger partial charge in [-0.15, -0.1) is 6.58 Å². The molecule has 1 aliphatic heterocycles. The Labute approximate surface area is 195 Å². The average Bonchev–Trinajstić information content (AvgIpc) is 2.72. The van der Waals surface area contributed by atoms with Gasteiger partial charge in [-0.1, -0.05) is 75.9 Å². The van der Waals surface area contributed by atoms with Crippen molar-refractivity contribution in [1.29, 1.82) is 0 Å². The number of hydrogen-bond donors (Lipinski definition) is 0. The molecule has 176 valence electrons. The predicted octanol–water partition coefficient (Wildman–Crippen LogP) is 6.70. The lowest BCUT2D eigenvalue weighted by atomic mass is 9.96. The van der Waals surface area contributed by atoms with Crippen LogP contribution in [0.3, 0.4) is 0 Å². The number of carbonyl (C=O) groups excluding carboxylic acids is 1. The molecular weight excluding hydrogens is 416 g/mol. The smallest absolute Gasteiger partial charge is 0.330 e. The second-order valence-electron chi connectivity index (χ2n) is 10.1. The maximum absolute atomic E-state index is 11.8. The van der Waals surface area contributed by atoms with E-state index in [9.17, 15) is 4.79 Å². The number of hydrogen-bond acceptors (Lipinski definition) is 4. The van der Waals surface area contributed by atoms with E-state index in [4.69, 9.17) is 13.9 Å². The summed E-state index contributed by atoms with van der Waals surface area (Å²) in [5, 5.41) is 0.140. The average molecular weight is 457 g/mol. The van der Waals surface area contributed by atoms with Crippen LogP contribution in [0, 0.1) is 0 Å². The lowest BCUT2D eigenvalue weighted by Gasteiger charge is -2.43. The molecule has 4 nitrogen and oxygen atoms in total. The molecule has 0 aromatic heterocycles. The van der Waals surface area contributed by atoms with E-state index in [1.54, 1.807) is 6.08 Å². The van der Waals surface area contributed by atoms with Crippen LogP contribution in [0.25, 0.3) is 6.08 Å². The Hall–Kier alpha value is -1.95. The molecule has 3 unspecified atom stereocenters. The summed E-state index contributed by atoms with van der Waals surface area (Å²) in [6.45, 7) is 18.7. The van der Waals surface area contributed by atoms with Gasteiger partial charge in [0.15, 0.2) is 8.32 Å². The van der Waals surface area contributed by atoms with Crippen molar-refractivity contribution >= 4 is 20.4 Å². The monoisotopic (exact) mass is 456 g/mol. The van der Waals surface area contributed by atoms with Gasteiger partial charge in [-0.05, 0) is 30.1 Å². The summed E-state index contributed by atoms with van der Waals surface area (Å²) in [7, 11) is -1.92. The Balaban J connectivity index is 2.17. The minimum absolute atomic E-state index is 0.0526. The fourth-order valence-electron chi connectivity index (χ4n) is 3.64. The van der Waals surface area contributed by atoms with Crippen LogP contribution in [0.1, 0.15) is 52.0 Å². The standard InChI is InChI=1S/C27H40O4Si/c1-8-13-22(30-26(28)9-2)18-24-20-25(31-32(6,7)27(3,4)5)19-23(29-24)17-16-21-14-11-10-12-15-21/h8-12,14-17,22-25H,1-2,13,18-20H2,3-7H3/b17-16+/t22?,23?,24?,25-/m1/s1. The Morgan fingerprint density at radius 1 is 1.22 bits per heavy atom. The van der Waals surface area contributed by atoms with E-state index >= 15 is 0 Å². The number of benzene rings is 1. The van der Waals surface area contributed by atoms with Gasteiger partial charge < -0.3 is 13.9 Å². The molecule has 1 aromatic rings. The highest BCUT2D eigenvalue weighted by molar-refractivity contribution is 6.74. The first-order valence-corrected chi connectivity index (χ1v) is 14.5. The maximum Gasteiger partial charge on any atom is 0.330 e. The third kappa shape index (κ3) is 8.19. The van der Waals surface area contributed by atoms with Gasteiger partial charge in [0.1, 0.15) is 6.10 Å². The molecular formula is C27H40O4Si. The summed E-state index contributed by atoms with van der Waals surface area (Å²) in [4.78, 5) is 11.8. The van der Waals surface area contributed by atoms with Crippen molar-refractivity contribution in [2.45, 2.75) is 89.0 Å². The van der Waals surface area contributed by atoms with Gasteiger partial charge in [0.2, 0.25) is 0 Å². The van der Waals surface area contributed by atoms with Gasteiger partial charge in [-0.3, -0.25) is 0 Å². The van der Waals surface area contributed by atoms with Crippen LogP contribution in [-0.2, 0) is 18.7 Å². The molecule has 0 amide bonds. The second kappa shape index (κ2) is 11.8. The fourth-order valence-corrected chi connectivity index (χ4v) is 5.02. The lowest BCUT2D eigenvalue weighted by molar-refractivity contribution is -0.147. The molecule has 0 N–H and O–H groups in total. The van der Waals surface area contributed by atoms with Crippen LogP contribution in [0.15, 0.2) is 61.7 Å². The van der Waals surface area contributed by atoms with Gasteiger partial charge in [0.05, 0.1) is 18.3 Å². The Morgan fingerprint density at radius 3 is 2.50 bits per heavy atom. The van der Waals surface area contributed by atoms with Gasteiger partial charge in [-0.25, -0.2) is 4.79 Å². The highest BCUT2D eigenvalue weighted by Crippen LogP contribution is 2.39. The van der Waals surface area contributed by atoms with E-state index in [0.717, 1.165) is 18.4 Å². The summed E-state index contributed by atoms with van der Waals surface area (Å²) in [6.07, 6.45) is 9.73. The van der Waals surface area contributed by atoms with E-state index in [-0.39, 0.29) is 29.5 Å². The molecule has 1 saturated heterocycles. The molecule has 1 heterocycles. The van der Waals surface area contributed by atoms with Crippen LogP contribution in [0.4, 0.5) is 0 Å². The maximum atomic E-state index is 11.8. The molecule has 0 aliphatic carbocycles. The zero-order valence-corrected chi connectivity index (χ0v) is 21.4. The number of esters is 1. The zero-order valence-electron chi connectivity index (χ0n) is 20.4. The molecule has 0 radical (unpaired) electrons. The van der Waals surface area contributed by atoms with Crippen LogP contribution in [0.5, 0.6) is 0 Å². The van der Waals surface area contributed by atoms with Crippen LogP contribution in [0.2, 0.25) is 18.1 Å². The highest BCUT2D eigenvalue weighted by Gasteiger charge is 2.41. The minimum atomic E-state index is -1.92. The normalized spacial score (nSPS) is 23.0. The van der Waals surface area contributed by atoms with E-state index in [1.165, 1.54) is 6.08 Å². The second-order valence-corrected chi connectivity index (χ2v) is 14.8. The van der Waals surface area contributed by atoms with E-state index < -0.39 is 14.3 Å². The summed E-state index contributed by atoms with van der Waals surface area (Å²) >= 11 is 0. The summed E-state index contributed by atoms with van der Waals surface area (Å²) in [5.41, 5.74) is 1.14. The Kier molecular flexibility index (Phi) is 9.68. The molecule has 4 atom stereocenters. The molecule has 0 bridgehead atoms. The molecule has 1 aromatic carbocycles. The largest absolute Gasteiger partial charge is 0.459 e. The molecule has 0 spiro atoms. The van der Waals surface area contributed by atoms with Gasteiger partial charge in [0, 0.05) is 25.3 Å². The SMILES string of the molecule is C=CCC(CC1C[C@H](O[Si](C)(C)C(C)(C)C)CC(/C=C/c2ccccc2)O1)OC(=O)C=C. The lowest BCUT2D eigenvalue weighted by Crippen LogP contribution is -2.48. The summed E-state index contributed by atoms with van der Waals surface area (Å²) < 4.78 is 18.7. The quantitative estimate of drug-likeness (QED) is 0.170. The first-order chi connectivity index (χ1) is 15.0. The van der Waals surface area contributed by atoms with Gasteiger partial charge >= 0.3 is 5.97 Å². The minimum Gasteiger partial charge on any atom is -0.459 e. The Morgan fingerprint density at radius 2 is 1.91 bits per heavy atom. The van der Waals surface area contributed by atoms with E-state index in [2.05, 4.69) is 71.3 Å². The Bertz CT molecular complexity index is 779.